The van der Waals surface area contributed by atoms with Gasteiger partial charge in [-0.3, -0.25) is 4.79 Å². The van der Waals surface area contributed by atoms with E-state index in [0.29, 0.717) is 26.1 Å². The van der Waals surface area contributed by atoms with Gasteiger partial charge in [0.25, 0.3) is 0 Å². The van der Waals surface area contributed by atoms with Gasteiger partial charge in [-0.05, 0) is 31.2 Å². The SMILES string of the molecule is O=C(N[C@H]1C[C@H](C(=O)NC2CCOCC2)C1)OCc1ccccc1. The molecule has 2 amide bonds. The maximum atomic E-state index is 12.1. The molecule has 1 saturated heterocycles. The summed E-state index contributed by atoms with van der Waals surface area (Å²) in [6, 6.07) is 9.81. The maximum Gasteiger partial charge on any atom is 0.407 e. The zero-order valence-corrected chi connectivity index (χ0v) is 13.7. The molecule has 2 aliphatic rings. The molecule has 0 bridgehead atoms. The van der Waals surface area contributed by atoms with Crippen molar-refractivity contribution in [3.8, 4) is 0 Å². The van der Waals surface area contributed by atoms with E-state index in [4.69, 9.17) is 9.47 Å². The Morgan fingerprint density at radius 1 is 1.04 bits per heavy atom. The quantitative estimate of drug-likeness (QED) is 0.864. The number of carbonyl (C=O) groups is 2. The predicted molar refractivity (Wildman–Crippen MR) is 88.3 cm³/mol. The van der Waals surface area contributed by atoms with Gasteiger partial charge in [-0.2, -0.15) is 0 Å². The van der Waals surface area contributed by atoms with Gasteiger partial charge in [0, 0.05) is 31.2 Å². The maximum absolute atomic E-state index is 12.1. The normalized spacial score (nSPS) is 23.8. The predicted octanol–water partition coefficient (Wildman–Crippen LogP) is 1.99. The Hall–Kier alpha value is -2.08. The second-order valence-electron chi connectivity index (χ2n) is 6.47. The van der Waals surface area contributed by atoms with Crippen LogP contribution in [0.4, 0.5) is 4.79 Å². The van der Waals surface area contributed by atoms with Gasteiger partial charge in [0.15, 0.2) is 0 Å². The fourth-order valence-electron chi connectivity index (χ4n) is 3.04. The number of amides is 2. The Balaban J connectivity index is 1.31. The molecule has 0 aromatic heterocycles. The molecule has 0 spiro atoms. The molecule has 1 aliphatic carbocycles. The van der Waals surface area contributed by atoms with Crippen LogP contribution < -0.4 is 10.6 Å². The molecule has 0 radical (unpaired) electrons. The average Bonchev–Trinajstić information content (AvgIpc) is 2.57. The van der Waals surface area contributed by atoms with E-state index in [-0.39, 0.29) is 30.5 Å². The van der Waals surface area contributed by atoms with E-state index >= 15 is 0 Å². The number of nitrogens with one attached hydrogen (secondary N) is 2. The number of benzene rings is 1. The van der Waals surface area contributed by atoms with Crippen molar-refractivity contribution in [1.29, 1.82) is 0 Å². The van der Waals surface area contributed by atoms with Gasteiger partial charge < -0.3 is 20.1 Å². The summed E-state index contributed by atoms with van der Waals surface area (Å²) in [7, 11) is 0. The van der Waals surface area contributed by atoms with E-state index < -0.39 is 6.09 Å². The van der Waals surface area contributed by atoms with Crippen LogP contribution in [0.3, 0.4) is 0 Å². The van der Waals surface area contributed by atoms with Gasteiger partial charge in [0.1, 0.15) is 6.61 Å². The lowest BCUT2D eigenvalue weighted by molar-refractivity contribution is -0.129. The number of carbonyl (C=O) groups excluding carboxylic acids is 2. The summed E-state index contributed by atoms with van der Waals surface area (Å²) in [6.45, 7) is 1.69. The third kappa shape index (κ3) is 4.71. The van der Waals surface area contributed by atoms with Gasteiger partial charge in [0.05, 0.1) is 0 Å². The van der Waals surface area contributed by atoms with E-state index in [1.165, 1.54) is 0 Å². The molecular weight excluding hydrogens is 308 g/mol. The van der Waals surface area contributed by atoms with Gasteiger partial charge in [-0.1, -0.05) is 30.3 Å². The zero-order valence-electron chi connectivity index (χ0n) is 13.7. The van der Waals surface area contributed by atoms with E-state index in [2.05, 4.69) is 10.6 Å². The lowest BCUT2D eigenvalue weighted by atomic mass is 9.79. The molecule has 2 fully saturated rings. The lowest BCUT2D eigenvalue weighted by Crippen LogP contribution is -2.51. The minimum Gasteiger partial charge on any atom is -0.445 e. The molecule has 0 atom stereocenters. The molecule has 6 nitrogen and oxygen atoms in total. The minimum atomic E-state index is -0.424. The third-order valence-electron chi connectivity index (χ3n) is 4.61. The van der Waals surface area contributed by atoms with Crippen molar-refractivity contribution < 1.29 is 19.1 Å². The molecule has 2 N–H and O–H groups in total. The molecule has 130 valence electrons. The molecule has 0 unspecified atom stereocenters. The summed E-state index contributed by atoms with van der Waals surface area (Å²) in [6.07, 6.45) is 2.69. The highest BCUT2D eigenvalue weighted by atomic mass is 16.5. The number of hydrogen-bond acceptors (Lipinski definition) is 4. The van der Waals surface area contributed by atoms with Crippen LogP contribution in [0.1, 0.15) is 31.2 Å². The van der Waals surface area contributed by atoms with Crippen LogP contribution >= 0.6 is 0 Å². The molecule has 1 saturated carbocycles. The topological polar surface area (TPSA) is 76.7 Å². The minimum absolute atomic E-state index is 0.00716. The van der Waals surface area contributed by atoms with E-state index in [0.717, 1.165) is 18.4 Å². The van der Waals surface area contributed by atoms with Crippen molar-refractivity contribution in [2.45, 2.75) is 44.4 Å². The van der Waals surface area contributed by atoms with Crippen LogP contribution in [0, 0.1) is 5.92 Å². The van der Waals surface area contributed by atoms with Gasteiger partial charge in [-0.15, -0.1) is 0 Å². The summed E-state index contributed by atoms with van der Waals surface area (Å²) >= 11 is 0. The molecule has 1 heterocycles. The van der Waals surface area contributed by atoms with Crippen molar-refractivity contribution in [3.05, 3.63) is 35.9 Å². The van der Waals surface area contributed by atoms with Gasteiger partial charge in [0.2, 0.25) is 5.91 Å². The zero-order chi connectivity index (χ0) is 16.8. The van der Waals surface area contributed by atoms with E-state index in [1.54, 1.807) is 0 Å². The first-order valence-electron chi connectivity index (χ1n) is 8.56. The summed E-state index contributed by atoms with van der Waals surface area (Å²) in [4.78, 5) is 23.9. The van der Waals surface area contributed by atoms with E-state index in [1.807, 2.05) is 30.3 Å². The second kappa shape index (κ2) is 8.15. The Labute approximate surface area is 141 Å². The largest absolute Gasteiger partial charge is 0.445 e. The molecule has 3 rings (SSSR count). The van der Waals surface area contributed by atoms with Crippen molar-refractivity contribution >= 4 is 12.0 Å². The van der Waals surface area contributed by atoms with Crippen molar-refractivity contribution in [2.75, 3.05) is 13.2 Å². The highest BCUT2D eigenvalue weighted by Crippen LogP contribution is 2.28. The number of rotatable bonds is 5. The molecule has 6 heteroatoms. The Morgan fingerprint density at radius 3 is 2.46 bits per heavy atom. The number of hydrogen-bond donors (Lipinski definition) is 2. The summed E-state index contributed by atoms with van der Waals surface area (Å²) in [5, 5.41) is 5.89. The van der Waals surface area contributed by atoms with Crippen LogP contribution in [0.5, 0.6) is 0 Å². The Bertz CT molecular complexity index is 551. The first-order valence-corrected chi connectivity index (χ1v) is 8.56. The van der Waals surface area contributed by atoms with Crippen LogP contribution in [0.15, 0.2) is 30.3 Å². The lowest BCUT2D eigenvalue weighted by Gasteiger charge is -2.35. The highest BCUT2D eigenvalue weighted by molar-refractivity contribution is 5.80. The molecule has 1 aliphatic heterocycles. The fourth-order valence-corrected chi connectivity index (χ4v) is 3.04. The summed E-state index contributed by atoms with van der Waals surface area (Å²) < 4.78 is 10.5. The van der Waals surface area contributed by atoms with Crippen LogP contribution in [0.25, 0.3) is 0 Å². The number of ether oxygens (including phenoxy) is 2. The van der Waals surface area contributed by atoms with Crippen molar-refractivity contribution in [3.63, 3.8) is 0 Å². The fraction of sp³-hybridized carbons (Fsp3) is 0.556. The molecule has 1 aromatic carbocycles. The number of alkyl carbamates (subject to hydrolysis) is 1. The molecular formula is C18H24N2O4. The Kier molecular flexibility index (Phi) is 5.69. The molecule has 24 heavy (non-hydrogen) atoms. The van der Waals surface area contributed by atoms with Crippen LogP contribution in [-0.4, -0.2) is 37.3 Å². The first-order chi connectivity index (χ1) is 11.7. The van der Waals surface area contributed by atoms with Gasteiger partial charge in [-0.25, -0.2) is 4.79 Å². The second-order valence-corrected chi connectivity index (χ2v) is 6.47. The van der Waals surface area contributed by atoms with Crippen LogP contribution in [-0.2, 0) is 20.9 Å². The van der Waals surface area contributed by atoms with Crippen LogP contribution in [0.2, 0.25) is 0 Å². The third-order valence-corrected chi connectivity index (χ3v) is 4.61. The van der Waals surface area contributed by atoms with Gasteiger partial charge >= 0.3 is 6.09 Å². The summed E-state index contributed by atoms with van der Waals surface area (Å²) in [5.74, 6) is 0.0878. The smallest absolute Gasteiger partial charge is 0.407 e. The van der Waals surface area contributed by atoms with E-state index in [9.17, 15) is 9.59 Å². The van der Waals surface area contributed by atoms with Crippen molar-refractivity contribution in [1.82, 2.24) is 10.6 Å². The summed E-state index contributed by atoms with van der Waals surface area (Å²) in [5.41, 5.74) is 0.954. The van der Waals surface area contributed by atoms with Crippen molar-refractivity contribution in [2.24, 2.45) is 5.92 Å². The highest BCUT2D eigenvalue weighted by Gasteiger charge is 2.36. The average molecular weight is 332 g/mol. The first kappa shape index (κ1) is 16.8. The standard InChI is InChI=1S/C18H24N2O4/c21-17(19-15-6-8-23-9-7-15)14-10-16(11-14)20-18(22)24-12-13-4-2-1-3-5-13/h1-5,14-16H,6-12H2,(H,19,21)(H,20,22)/t14-,16-. The molecule has 1 aromatic rings. The monoisotopic (exact) mass is 332 g/mol. The Morgan fingerprint density at radius 2 is 1.75 bits per heavy atom.